The molecule has 0 aromatic heterocycles. The van der Waals surface area contributed by atoms with Gasteiger partial charge in [0, 0.05) is 5.56 Å². The number of ether oxygens (including phenoxy) is 1. The summed E-state index contributed by atoms with van der Waals surface area (Å²) in [6, 6.07) is 12.2. The van der Waals surface area contributed by atoms with Crippen molar-refractivity contribution in [2.45, 2.75) is 19.4 Å². The van der Waals surface area contributed by atoms with Gasteiger partial charge in [-0.3, -0.25) is 0 Å². The van der Waals surface area contributed by atoms with Crippen LogP contribution in [-0.2, 0) is 13.0 Å². The standard InChI is InChI=1S/C16H17ClFNO/c17-16-10-14(18)6-5-13(16)11-20-15-7-3-12(4-8-15)2-1-9-19/h3-8,10H,1-2,9,11,19H2. The molecule has 2 aromatic rings. The molecule has 0 heterocycles. The average molecular weight is 294 g/mol. The van der Waals surface area contributed by atoms with Crippen LogP contribution in [0.15, 0.2) is 42.5 Å². The second kappa shape index (κ2) is 7.27. The van der Waals surface area contributed by atoms with Gasteiger partial charge in [0.15, 0.2) is 0 Å². The van der Waals surface area contributed by atoms with Crippen LogP contribution in [0.3, 0.4) is 0 Å². The first-order valence-electron chi connectivity index (χ1n) is 6.55. The second-order valence-electron chi connectivity index (χ2n) is 4.56. The van der Waals surface area contributed by atoms with Gasteiger partial charge in [-0.2, -0.15) is 0 Å². The van der Waals surface area contributed by atoms with Crippen LogP contribution in [0.2, 0.25) is 5.02 Å². The van der Waals surface area contributed by atoms with Gasteiger partial charge in [-0.25, -0.2) is 4.39 Å². The predicted octanol–water partition coefficient (Wildman–Crippen LogP) is 3.95. The summed E-state index contributed by atoms with van der Waals surface area (Å²) in [5.41, 5.74) is 7.48. The fourth-order valence-electron chi connectivity index (χ4n) is 1.86. The molecule has 0 spiro atoms. The van der Waals surface area contributed by atoms with E-state index in [4.69, 9.17) is 22.1 Å². The zero-order valence-electron chi connectivity index (χ0n) is 11.1. The highest BCUT2D eigenvalue weighted by Gasteiger charge is 2.03. The molecule has 0 saturated carbocycles. The van der Waals surface area contributed by atoms with Crippen LogP contribution in [-0.4, -0.2) is 6.54 Å². The van der Waals surface area contributed by atoms with Crippen LogP contribution >= 0.6 is 11.6 Å². The minimum Gasteiger partial charge on any atom is -0.489 e. The Morgan fingerprint density at radius 2 is 1.85 bits per heavy atom. The summed E-state index contributed by atoms with van der Waals surface area (Å²) in [5.74, 6) is 0.421. The molecule has 4 heteroatoms. The van der Waals surface area contributed by atoms with Crippen molar-refractivity contribution in [2.24, 2.45) is 5.73 Å². The Kier molecular flexibility index (Phi) is 5.39. The van der Waals surface area contributed by atoms with Crippen LogP contribution in [0.1, 0.15) is 17.5 Å². The highest BCUT2D eigenvalue weighted by Crippen LogP contribution is 2.20. The molecule has 0 atom stereocenters. The third kappa shape index (κ3) is 4.22. The molecule has 0 aliphatic heterocycles. The van der Waals surface area contributed by atoms with Crippen LogP contribution in [0.25, 0.3) is 0 Å². The van der Waals surface area contributed by atoms with E-state index in [2.05, 4.69) is 0 Å². The molecule has 0 unspecified atom stereocenters. The van der Waals surface area contributed by atoms with E-state index in [1.807, 2.05) is 24.3 Å². The van der Waals surface area contributed by atoms with E-state index in [1.165, 1.54) is 17.7 Å². The molecule has 2 aromatic carbocycles. The molecule has 106 valence electrons. The largest absolute Gasteiger partial charge is 0.489 e. The normalized spacial score (nSPS) is 10.6. The number of halogens is 2. The zero-order chi connectivity index (χ0) is 14.4. The molecule has 20 heavy (non-hydrogen) atoms. The van der Waals surface area contributed by atoms with Gasteiger partial charge < -0.3 is 10.5 Å². The first-order chi connectivity index (χ1) is 9.69. The third-order valence-corrected chi connectivity index (χ3v) is 3.35. The maximum absolute atomic E-state index is 12.9. The lowest BCUT2D eigenvalue weighted by atomic mass is 10.1. The van der Waals surface area contributed by atoms with E-state index in [1.54, 1.807) is 6.07 Å². The molecule has 0 fully saturated rings. The maximum Gasteiger partial charge on any atom is 0.124 e. The van der Waals surface area contributed by atoms with E-state index in [0.29, 0.717) is 18.2 Å². The lowest BCUT2D eigenvalue weighted by Gasteiger charge is -2.08. The molecule has 0 saturated heterocycles. The molecular weight excluding hydrogens is 277 g/mol. The average Bonchev–Trinajstić information content (AvgIpc) is 2.45. The van der Waals surface area contributed by atoms with Gasteiger partial charge in [-0.1, -0.05) is 29.8 Å². The van der Waals surface area contributed by atoms with Crippen LogP contribution in [0.4, 0.5) is 4.39 Å². The minimum absolute atomic E-state index is 0.321. The molecule has 2 nitrogen and oxygen atoms in total. The van der Waals surface area contributed by atoms with Gasteiger partial charge >= 0.3 is 0 Å². The first kappa shape index (κ1) is 14.8. The zero-order valence-corrected chi connectivity index (χ0v) is 11.9. The molecule has 2 N–H and O–H groups in total. The van der Waals surface area contributed by atoms with Crippen molar-refractivity contribution in [1.29, 1.82) is 0 Å². The van der Waals surface area contributed by atoms with Gasteiger partial charge in [0.1, 0.15) is 18.2 Å². The minimum atomic E-state index is -0.344. The van der Waals surface area contributed by atoms with Crippen molar-refractivity contribution in [3.8, 4) is 5.75 Å². The SMILES string of the molecule is NCCCc1ccc(OCc2ccc(F)cc2Cl)cc1. The number of benzene rings is 2. The Bertz CT molecular complexity index is 557. The number of nitrogens with two attached hydrogens (primary N) is 1. The number of hydrogen-bond donors (Lipinski definition) is 1. The summed E-state index contributed by atoms with van der Waals surface area (Å²) in [6.07, 6.45) is 1.95. The molecule has 0 radical (unpaired) electrons. The summed E-state index contributed by atoms with van der Waals surface area (Å²) < 4.78 is 18.6. The van der Waals surface area contributed by atoms with E-state index in [-0.39, 0.29) is 5.82 Å². The van der Waals surface area contributed by atoms with E-state index in [0.717, 1.165) is 24.2 Å². The van der Waals surface area contributed by atoms with Crippen molar-refractivity contribution < 1.29 is 9.13 Å². The molecule has 0 aliphatic rings. The Labute approximate surface area is 123 Å². The van der Waals surface area contributed by atoms with Gasteiger partial charge in [0.25, 0.3) is 0 Å². The number of aryl methyl sites for hydroxylation is 1. The summed E-state index contributed by atoms with van der Waals surface area (Å²) >= 11 is 5.95. The van der Waals surface area contributed by atoms with Crippen molar-refractivity contribution in [3.63, 3.8) is 0 Å². The third-order valence-electron chi connectivity index (χ3n) is 3.00. The second-order valence-corrected chi connectivity index (χ2v) is 4.97. The molecule has 2 rings (SSSR count). The van der Waals surface area contributed by atoms with Crippen LogP contribution in [0.5, 0.6) is 5.75 Å². The summed E-state index contributed by atoms with van der Waals surface area (Å²) in [6.45, 7) is 1.02. The van der Waals surface area contributed by atoms with Crippen molar-refractivity contribution in [2.75, 3.05) is 6.54 Å². The summed E-state index contributed by atoms with van der Waals surface area (Å²) in [7, 11) is 0. The van der Waals surface area contributed by atoms with E-state index >= 15 is 0 Å². The quantitative estimate of drug-likeness (QED) is 0.875. The smallest absolute Gasteiger partial charge is 0.124 e. The Morgan fingerprint density at radius 3 is 2.50 bits per heavy atom. The summed E-state index contributed by atoms with van der Waals surface area (Å²) in [4.78, 5) is 0. The molecule has 0 amide bonds. The lowest BCUT2D eigenvalue weighted by Crippen LogP contribution is -2.00. The Balaban J connectivity index is 1.93. The Hall–Kier alpha value is -1.58. The monoisotopic (exact) mass is 293 g/mol. The van der Waals surface area contributed by atoms with Gasteiger partial charge in [-0.05, 0) is 49.2 Å². The van der Waals surface area contributed by atoms with Gasteiger partial charge in [0.05, 0.1) is 5.02 Å². The molecular formula is C16H17ClFNO. The predicted molar refractivity (Wildman–Crippen MR) is 79.6 cm³/mol. The highest BCUT2D eigenvalue weighted by molar-refractivity contribution is 6.31. The fourth-order valence-corrected chi connectivity index (χ4v) is 2.08. The molecule has 0 bridgehead atoms. The number of rotatable bonds is 6. The van der Waals surface area contributed by atoms with Crippen LogP contribution in [0, 0.1) is 5.82 Å². The van der Waals surface area contributed by atoms with Crippen LogP contribution < -0.4 is 10.5 Å². The van der Waals surface area contributed by atoms with Gasteiger partial charge in [-0.15, -0.1) is 0 Å². The van der Waals surface area contributed by atoms with Gasteiger partial charge in [0.2, 0.25) is 0 Å². The molecule has 0 aliphatic carbocycles. The van der Waals surface area contributed by atoms with Crippen molar-refractivity contribution in [1.82, 2.24) is 0 Å². The first-order valence-corrected chi connectivity index (χ1v) is 6.92. The lowest BCUT2D eigenvalue weighted by molar-refractivity contribution is 0.306. The fraction of sp³-hybridized carbons (Fsp3) is 0.250. The Morgan fingerprint density at radius 1 is 1.10 bits per heavy atom. The summed E-state index contributed by atoms with van der Waals surface area (Å²) in [5, 5.41) is 0.379. The van der Waals surface area contributed by atoms with E-state index < -0.39 is 0 Å². The topological polar surface area (TPSA) is 35.2 Å². The van der Waals surface area contributed by atoms with E-state index in [9.17, 15) is 4.39 Å². The van der Waals surface area contributed by atoms with Crippen molar-refractivity contribution >= 4 is 11.6 Å². The highest BCUT2D eigenvalue weighted by atomic mass is 35.5. The van der Waals surface area contributed by atoms with Crippen molar-refractivity contribution in [3.05, 3.63) is 64.4 Å². The maximum atomic E-state index is 12.9. The number of hydrogen-bond acceptors (Lipinski definition) is 2.